The lowest BCUT2D eigenvalue weighted by Crippen LogP contribution is -2.08. The summed E-state index contributed by atoms with van der Waals surface area (Å²) in [5.74, 6) is 0.583. The summed E-state index contributed by atoms with van der Waals surface area (Å²) in [6.45, 7) is 11.2. The number of hydrogen-bond acceptors (Lipinski definition) is 0. The maximum Gasteiger partial charge on any atom is 0.0266 e. The minimum atomic E-state index is 0.583. The van der Waals surface area contributed by atoms with E-state index in [1.165, 1.54) is 22.3 Å². The van der Waals surface area contributed by atoms with Crippen molar-refractivity contribution in [2.45, 2.75) is 34.6 Å². The average molecular weight is 186 g/mol. The van der Waals surface area contributed by atoms with E-state index < -0.39 is 0 Å². The Morgan fingerprint density at radius 3 is 2.07 bits per heavy atom. The van der Waals surface area contributed by atoms with E-state index in [1.807, 2.05) is 0 Å². The zero-order chi connectivity index (χ0) is 10.5. The Hall–Kier alpha value is -1.04. The standard InChI is InChI=1S/C14H18/c1-8-6-7-9(2)14-12(5)10(3)11(4)13(8)14/h6-7,13H,1-5H3. The largest absolute Gasteiger partial charge is 0.0621 e. The molecule has 0 saturated carbocycles. The second kappa shape index (κ2) is 2.98. The van der Waals surface area contributed by atoms with Crippen molar-refractivity contribution in [2.24, 2.45) is 5.92 Å². The molecule has 14 heavy (non-hydrogen) atoms. The summed E-state index contributed by atoms with van der Waals surface area (Å²) < 4.78 is 0. The smallest absolute Gasteiger partial charge is 0.0266 e. The lowest BCUT2D eigenvalue weighted by molar-refractivity contribution is 0.840. The Morgan fingerprint density at radius 2 is 1.50 bits per heavy atom. The van der Waals surface area contributed by atoms with Gasteiger partial charge < -0.3 is 0 Å². The molecule has 0 N–H and O–H groups in total. The van der Waals surface area contributed by atoms with Crippen LogP contribution in [0.1, 0.15) is 34.6 Å². The topological polar surface area (TPSA) is 0 Å². The molecular weight excluding hydrogens is 168 g/mol. The highest BCUT2D eigenvalue weighted by Gasteiger charge is 2.30. The Labute approximate surface area is 86.7 Å². The first-order chi connectivity index (χ1) is 6.54. The molecule has 0 heterocycles. The monoisotopic (exact) mass is 186 g/mol. The first-order valence-electron chi connectivity index (χ1n) is 5.28. The minimum absolute atomic E-state index is 0.583. The molecule has 0 aliphatic heterocycles. The van der Waals surface area contributed by atoms with Crippen molar-refractivity contribution in [3.05, 3.63) is 45.6 Å². The Balaban J connectivity index is 2.63. The molecule has 1 unspecified atom stereocenters. The number of fused-ring (bicyclic) bond motifs is 1. The van der Waals surface area contributed by atoms with Gasteiger partial charge in [0.05, 0.1) is 0 Å². The van der Waals surface area contributed by atoms with E-state index >= 15 is 0 Å². The van der Waals surface area contributed by atoms with Crippen LogP contribution in [0.2, 0.25) is 0 Å². The molecular formula is C14H18. The Bertz CT molecular complexity index is 411. The van der Waals surface area contributed by atoms with Gasteiger partial charge in [-0.05, 0) is 56.9 Å². The fourth-order valence-electron chi connectivity index (χ4n) is 2.68. The van der Waals surface area contributed by atoms with Crippen molar-refractivity contribution in [3.63, 3.8) is 0 Å². The van der Waals surface area contributed by atoms with Gasteiger partial charge in [-0.2, -0.15) is 0 Å². The van der Waals surface area contributed by atoms with Crippen LogP contribution in [-0.4, -0.2) is 0 Å². The molecule has 0 heteroatoms. The van der Waals surface area contributed by atoms with Gasteiger partial charge in [0.15, 0.2) is 0 Å². The molecule has 2 rings (SSSR count). The van der Waals surface area contributed by atoms with Crippen LogP contribution < -0.4 is 0 Å². The molecule has 1 atom stereocenters. The molecule has 0 nitrogen and oxygen atoms in total. The fraction of sp³-hybridized carbons (Fsp3) is 0.429. The maximum atomic E-state index is 2.27. The normalized spacial score (nSPS) is 26.5. The second-order valence-corrected chi connectivity index (χ2v) is 4.54. The lowest BCUT2D eigenvalue weighted by Gasteiger charge is -2.22. The number of hydrogen-bond donors (Lipinski definition) is 0. The molecule has 0 amide bonds. The third-order valence-electron chi connectivity index (χ3n) is 3.76. The zero-order valence-corrected chi connectivity index (χ0v) is 9.73. The van der Waals surface area contributed by atoms with Gasteiger partial charge in [-0.1, -0.05) is 23.3 Å². The van der Waals surface area contributed by atoms with Crippen LogP contribution in [0, 0.1) is 5.92 Å². The first-order valence-corrected chi connectivity index (χ1v) is 5.28. The van der Waals surface area contributed by atoms with Gasteiger partial charge in [0.25, 0.3) is 0 Å². The van der Waals surface area contributed by atoms with Crippen molar-refractivity contribution in [2.75, 3.05) is 0 Å². The van der Waals surface area contributed by atoms with Crippen LogP contribution in [0.25, 0.3) is 0 Å². The minimum Gasteiger partial charge on any atom is -0.0621 e. The summed E-state index contributed by atoms with van der Waals surface area (Å²) in [5.41, 5.74) is 9.01. The molecule has 0 aromatic carbocycles. The highest BCUT2D eigenvalue weighted by Crippen LogP contribution is 2.45. The lowest BCUT2D eigenvalue weighted by atomic mass is 9.82. The van der Waals surface area contributed by atoms with E-state index in [-0.39, 0.29) is 0 Å². The van der Waals surface area contributed by atoms with Crippen LogP contribution >= 0.6 is 0 Å². The number of allylic oxidation sites excluding steroid dienone is 8. The molecule has 0 spiro atoms. The van der Waals surface area contributed by atoms with Crippen LogP contribution in [0.15, 0.2) is 45.6 Å². The van der Waals surface area contributed by atoms with Crippen molar-refractivity contribution in [1.29, 1.82) is 0 Å². The summed E-state index contributed by atoms with van der Waals surface area (Å²) in [4.78, 5) is 0. The third kappa shape index (κ3) is 1.06. The highest BCUT2D eigenvalue weighted by molar-refractivity contribution is 5.60. The summed E-state index contributed by atoms with van der Waals surface area (Å²) >= 11 is 0. The predicted octanol–water partition coefficient (Wildman–Crippen LogP) is 4.18. The van der Waals surface area contributed by atoms with Crippen LogP contribution in [0.5, 0.6) is 0 Å². The molecule has 0 fully saturated rings. The fourth-order valence-corrected chi connectivity index (χ4v) is 2.68. The third-order valence-corrected chi connectivity index (χ3v) is 3.76. The van der Waals surface area contributed by atoms with Crippen LogP contribution in [-0.2, 0) is 0 Å². The van der Waals surface area contributed by atoms with E-state index in [2.05, 4.69) is 46.8 Å². The molecule has 0 radical (unpaired) electrons. The number of rotatable bonds is 0. The van der Waals surface area contributed by atoms with E-state index in [4.69, 9.17) is 0 Å². The van der Waals surface area contributed by atoms with Gasteiger partial charge in [-0.25, -0.2) is 0 Å². The van der Waals surface area contributed by atoms with E-state index in [1.54, 1.807) is 11.1 Å². The quantitative estimate of drug-likeness (QED) is 0.532. The summed E-state index contributed by atoms with van der Waals surface area (Å²) in [6.07, 6.45) is 4.51. The highest BCUT2D eigenvalue weighted by atomic mass is 14.3. The van der Waals surface area contributed by atoms with Gasteiger partial charge in [0.2, 0.25) is 0 Å². The Kier molecular flexibility index (Phi) is 2.02. The average Bonchev–Trinajstić information content (AvgIpc) is 2.38. The van der Waals surface area contributed by atoms with Crippen molar-refractivity contribution < 1.29 is 0 Å². The van der Waals surface area contributed by atoms with Gasteiger partial charge >= 0.3 is 0 Å². The van der Waals surface area contributed by atoms with E-state index in [0.717, 1.165) is 0 Å². The molecule has 0 bridgehead atoms. The zero-order valence-electron chi connectivity index (χ0n) is 9.73. The van der Waals surface area contributed by atoms with Crippen LogP contribution in [0.4, 0.5) is 0 Å². The molecule has 0 aromatic rings. The van der Waals surface area contributed by atoms with Crippen molar-refractivity contribution in [1.82, 2.24) is 0 Å². The molecule has 2 aliphatic rings. The molecule has 74 valence electrons. The molecule has 2 aliphatic carbocycles. The SMILES string of the molecule is CC1=CC=C(C)C2C(C)=C(C)C(C)=C12. The van der Waals surface area contributed by atoms with Crippen molar-refractivity contribution >= 4 is 0 Å². The summed E-state index contributed by atoms with van der Waals surface area (Å²) in [5, 5.41) is 0. The molecule has 0 saturated heterocycles. The van der Waals surface area contributed by atoms with E-state index in [0.29, 0.717) is 5.92 Å². The summed E-state index contributed by atoms with van der Waals surface area (Å²) in [7, 11) is 0. The second-order valence-electron chi connectivity index (χ2n) is 4.54. The van der Waals surface area contributed by atoms with Crippen molar-refractivity contribution in [3.8, 4) is 0 Å². The molecule has 0 aromatic heterocycles. The summed E-state index contributed by atoms with van der Waals surface area (Å²) in [6, 6.07) is 0. The predicted molar refractivity (Wildman–Crippen MR) is 62.1 cm³/mol. The van der Waals surface area contributed by atoms with Gasteiger partial charge in [-0.3, -0.25) is 0 Å². The maximum absolute atomic E-state index is 2.27. The van der Waals surface area contributed by atoms with Gasteiger partial charge in [0, 0.05) is 5.92 Å². The van der Waals surface area contributed by atoms with Crippen LogP contribution in [0.3, 0.4) is 0 Å². The van der Waals surface area contributed by atoms with Gasteiger partial charge in [0.1, 0.15) is 0 Å². The van der Waals surface area contributed by atoms with Gasteiger partial charge in [-0.15, -0.1) is 0 Å². The first kappa shape index (κ1) is 9.51. The Morgan fingerprint density at radius 1 is 0.857 bits per heavy atom. The van der Waals surface area contributed by atoms with E-state index in [9.17, 15) is 0 Å².